The summed E-state index contributed by atoms with van der Waals surface area (Å²) in [7, 11) is 0. The molecule has 0 aliphatic heterocycles. The van der Waals surface area contributed by atoms with Crippen LogP contribution >= 0.6 is 0 Å². The number of carbonyl (C=O) groups is 1. The zero-order chi connectivity index (χ0) is 28.4. The lowest BCUT2D eigenvalue weighted by atomic mass is 9.95. The van der Waals surface area contributed by atoms with Gasteiger partial charge in [0, 0.05) is 10.9 Å². The minimum Gasteiger partial charge on any atom is -0.489 e. The molecule has 0 unspecified atom stereocenters. The molecule has 0 spiro atoms. The van der Waals surface area contributed by atoms with E-state index in [0.717, 1.165) is 61.3 Å². The van der Waals surface area contributed by atoms with Gasteiger partial charge in [-0.2, -0.15) is 0 Å². The van der Waals surface area contributed by atoms with E-state index in [4.69, 9.17) is 14.5 Å². The van der Waals surface area contributed by atoms with E-state index in [1.54, 1.807) is 0 Å². The van der Waals surface area contributed by atoms with Crippen molar-refractivity contribution in [1.29, 1.82) is 0 Å². The second-order valence-electron chi connectivity index (χ2n) is 10.8. The number of ether oxygens (including phenoxy) is 2. The lowest BCUT2D eigenvalue weighted by Gasteiger charge is -2.18. The normalized spacial score (nSPS) is 11.2. The first-order valence-corrected chi connectivity index (χ1v) is 13.7. The number of pyridine rings is 1. The number of aryl methyl sites for hydroxylation is 3. The van der Waals surface area contributed by atoms with Crippen LogP contribution < -0.4 is 9.47 Å². The Morgan fingerprint density at radius 2 is 1.55 bits per heavy atom. The van der Waals surface area contributed by atoms with Crippen molar-refractivity contribution in [1.82, 2.24) is 4.98 Å². The summed E-state index contributed by atoms with van der Waals surface area (Å²) in [6, 6.07) is 28.2. The molecule has 0 N–H and O–H groups in total. The molecule has 40 heavy (non-hydrogen) atoms. The third-order valence-corrected chi connectivity index (χ3v) is 7.24. The molecular weight excluding hydrogens is 494 g/mol. The maximum atomic E-state index is 13.9. The maximum absolute atomic E-state index is 13.9. The summed E-state index contributed by atoms with van der Waals surface area (Å²) < 4.78 is 12.1. The minimum atomic E-state index is -0.369. The minimum absolute atomic E-state index is 0.223. The Kier molecular flexibility index (Phi) is 7.70. The van der Waals surface area contributed by atoms with E-state index in [0.29, 0.717) is 17.9 Å². The molecule has 0 atom stereocenters. The van der Waals surface area contributed by atoms with Gasteiger partial charge in [-0.15, -0.1) is 0 Å². The van der Waals surface area contributed by atoms with Crippen LogP contribution in [0.15, 0.2) is 84.9 Å². The first-order chi connectivity index (χ1) is 19.2. The number of benzene rings is 4. The van der Waals surface area contributed by atoms with Gasteiger partial charge >= 0.3 is 5.97 Å². The fraction of sp³-hybridized carbons (Fsp3) is 0.222. The number of hydrogen-bond donors (Lipinski definition) is 0. The van der Waals surface area contributed by atoms with Crippen LogP contribution in [-0.4, -0.2) is 11.0 Å². The number of fused-ring (bicyclic) bond motifs is 1. The maximum Gasteiger partial charge on any atom is 0.344 e. The molecule has 0 saturated carbocycles. The Morgan fingerprint density at radius 3 is 2.25 bits per heavy atom. The first-order valence-electron chi connectivity index (χ1n) is 13.7. The topological polar surface area (TPSA) is 48.4 Å². The Balaban J connectivity index is 1.55. The Morgan fingerprint density at radius 1 is 0.825 bits per heavy atom. The van der Waals surface area contributed by atoms with E-state index < -0.39 is 0 Å². The molecule has 5 rings (SSSR count). The van der Waals surface area contributed by atoms with Crippen LogP contribution in [0.4, 0.5) is 0 Å². The van der Waals surface area contributed by atoms with Gasteiger partial charge in [0.2, 0.25) is 0 Å². The van der Waals surface area contributed by atoms with E-state index in [1.165, 1.54) is 0 Å². The fourth-order valence-electron chi connectivity index (χ4n) is 5.17. The van der Waals surface area contributed by atoms with Crippen molar-refractivity contribution in [2.45, 2.75) is 54.1 Å². The van der Waals surface area contributed by atoms with Crippen LogP contribution in [0.5, 0.6) is 11.5 Å². The molecule has 0 aliphatic rings. The molecule has 0 saturated heterocycles. The zero-order valence-electron chi connectivity index (χ0n) is 24.0. The average molecular weight is 530 g/mol. The summed E-state index contributed by atoms with van der Waals surface area (Å²) in [6.45, 7) is 12.7. The van der Waals surface area contributed by atoms with Crippen LogP contribution in [0.1, 0.15) is 63.5 Å². The highest BCUT2D eigenvalue weighted by molar-refractivity contribution is 6.08. The number of carbonyl (C=O) groups excluding carboxylic acids is 1. The summed E-state index contributed by atoms with van der Waals surface area (Å²) in [5.74, 6) is 1.24. The molecule has 0 bridgehead atoms. The molecule has 1 heterocycles. The summed E-state index contributed by atoms with van der Waals surface area (Å²) in [5.41, 5.74) is 9.08. The highest BCUT2D eigenvalue weighted by Crippen LogP contribution is 2.35. The van der Waals surface area contributed by atoms with Crippen LogP contribution in [0.25, 0.3) is 22.2 Å². The van der Waals surface area contributed by atoms with E-state index in [2.05, 4.69) is 26.0 Å². The van der Waals surface area contributed by atoms with Gasteiger partial charge in [-0.1, -0.05) is 67.9 Å². The summed E-state index contributed by atoms with van der Waals surface area (Å²) in [6.07, 6.45) is 0. The number of nitrogens with zero attached hydrogens (tertiary/aromatic N) is 1. The lowest BCUT2D eigenvalue weighted by molar-refractivity contribution is 0.0734. The lowest BCUT2D eigenvalue weighted by Crippen LogP contribution is -2.14. The molecule has 5 aromatic rings. The van der Waals surface area contributed by atoms with Gasteiger partial charge < -0.3 is 9.47 Å². The number of esters is 1. The van der Waals surface area contributed by atoms with Gasteiger partial charge in [-0.25, -0.2) is 9.78 Å². The SMILES string of the molecule is Cc1ccc(C(C)C)c(OC(=O)c2c(C)c(-c3ccc(OCc4ccccc4)cc3)nc3c(C)cc(C)cc23)c1. The van der Waals surface area contributed by atoms with Crippen LogP contribution in [-0.2, 0) is 6.61 Å². The van der Waals surface area contributed by atoms with Crippen molar-refractivity contribution in [3.63, 3.8) is 0 Å². The summed E-state index contributed by atoms with van der Waals surface area (Å²) >= 11 is 0. The van der Waals surface area contributed by atoms with E-state index in [9.17, 15) is 4.79 Å². The molecule has 1 aromatic heterocycles. The first kappa shape index (κ1) is 27.1. The predicted octanol–water partition coefficient (Wildman–Crippen LogP) is 9.06. The Labute approximate surface area is 236 Å². The van der Waals surface area contributed by atoms with Crippen LogP contribution in [0, 0.1) is 27.7 Å². The molecular formula is C36H35NO3. The molecule has 0 aliphatic carbocycles. The highest BCUT2D eigenvalue weighted by atomic mass is 16.5. The van der Waals surface area contributed by atoms with Crippen molar-refractivity contribution < 1.29 is 14.3 Å². The van der Waals surface area contributed by atoms with Crippen LogP contribution in [0.2, 0.25) is 0 Å². The van der Waals surface area contributed by atoms with Crippen LogP contribution in [0.3, 0.4) is 0 Å². The van der Waals surface area contributed by atoms with Gasteiger partial charge in [0.05, 0.1) is 16.8 Å². The molecule has 0 fully saturated rings. The highest BCUT2D eigenvalue weighted by Gasteiger charge is 2.23. The zero-order valence-corrected chi connectivity index (χ0v) is 24.0. The Bertz CT molecular complexity index is 1690. The summed E-state index contributed by atoms with van der Waals surface area (Å²) in [5, 5.41) is 0.810. The largest absolute Gasteiger partial charge is 0.489 e. The van der Waals surface area contributed by atoms with E-state index in [1.807, 2.05) is 100 Å². The number of hydrogen-bond acceptors (Lipinski definition) is 4. The average Bonchev–Trinajstić information content (AvgIpc) is 2.92. The van der Waals surface area contributed by atoms with Crippen molar-refractivity contribution in [3.05, 3.63) is 124 Å². The fourth-order valence-corrected chi connectivity index (χ4v) is 5.17. The number of rotatable bonds is 7. The van der Waals surface area contributed by atoms with Crippen molar-refractivity contribution in [3.8, 4) is 22.8 Å². The molecule has 0 radical (unpaired) electrons. The third-order valence-electron chi connectivity index (χ3n) is 7.24. The summed E-state index contributed by atoms with van der Waals surface area (Å²) in [4.78, 5) is 19.0. The van der Waals surface area contributed by atoms with Gasteiger partial charge in [0.25, 0.3) is 0 Å². The quantitative estimate of drug-likeness (QED) is 0.156. The predicted molar refractivity (Wildman–Crippen MR) is 162 cm³/mol. The van der Waals surface area contributed by atoms with Crippen molar-refractivity contribution >= 4 is 16.9 Å². The van der Waals surface area contributed by atoms with Gasteiger partial charge in [0.1, 0.15) is 18.1 Å². The molecule has 4 nitrogen and oxygen atoms in total. The van der Waals surface area contributed by atoms with E-state index in [-0.39, 0.29) is 11.9 Å². The van der Waals surface area contributed by atoms with Crippen molar-refractivity contribution in [2.24, 2.45) is 0 Å². The van der Waals surface area contributed by atoms with Crippen molar-refractivity contribution in [2.75, 3.05) is 0 Å². The van der Waals surface area contributed by atoms with E-state index >= 15 is 0 Å². The van der Waals surface area contributed by atoms with Gasteiger partial charge in [-0.05, 0) is 97.8 Å². The second kappa shape index (κ2) is 11.4. The monoisotopic (exact) mass is 529 g/mol. The smallest absolute Gasteiger partial charge is 0.344 e. The van der Waals surface area contributed by atoms with Gasteiger partial charge in [-0.3, -0.25) is 0 Å². The Hall–Kier alpha value is -4.44. The number of aromatic nitrogens is 1. The van der Waals surface area contributed by atoms with Gasteiger partial charge in [0.15, 0.2) is 0 Å². The second-order valence-corrected chi connectivity index (χ2v) is 10.8. The third kappa shape index (κ3) is 5.62. The standard InChI is InChI=1S/C36H35NO3/c1-22(2)30-17-12-23(3)20-32(30)40-36(38)33-26(6)35(37-34-25(5)18-24(4)19-31(33)34)28-13-15-29(16-14-28)39-21-27-10-8-7-9-11-27/h7-20,22H,21H2,1-6H3. The molecule has 0 amide bonds. The molecule has 4 aromatic carbocycles. The molecule has 4 heteroatoms. The molecule has 202 valence electrons.